The molecular formula is C15H11BrCl2N2O. The average molecular weight is 386 g/mol. The van der Waals surface area contributed by atoms with Crippen molar-refractivity contribution in [3.8, 4) is 11.8 Å². The zero-order valence-electron chi connectivity index (χ0n) is 10.9. The molecule has 2 aromatic carbocycles. The van der Waals surface area contributed by atoms with Crippen molar-refractivity contribution in [2.75, 3.05) is 11.9 Å². The van der Waals surface area contributed by atoms with E-state index in [1.165, 1.54) is 0 Å². The molecule has 0 saturated carbocycles. The van der Waals surface area contributed by atoms with Crippen LogP contribution < -0.4 is 10.1 Å². The van der Waals surface area contributed by atoms with Crippen molar-refractivity contribution in [1.29, 1.82) is 5.26 Å². The summed E-state index contributed by atoms with van der Waals surface area (Å²) in [6, 6.07) is 13.0. The molecule has 6 heteroatoms. The highest BCUT2D eigenvalue weighted by Crippen LogP contribution is 2.34. The summed E-state index contributed by atoms with van der Waals surface area (Å²) in [5.41, 5.74) is 1.58. The van der Waals surface area contributed by atoms with Gasteiger partial charge in [-0.3, -0.25) is 0 Å². The van der Waals surface area contributed by atoms with E-state index >= 15 is 0 Å². The second kappa shape index (κ2) is 7.56. The summed E-state index contributed by atoms with van der Waals surface area (Å²) in [5.74, 6) is 0.663. The van der Waals surface area contributed by atoms with Gasteiger partial charge in [-0.25, -0.2) is 0 Å². The maximum atomic E-state index is 8.60. The minimum Gasteiger partial charge on any atom is -0.478 e. The van der Waals surface area contributed by atoms with E-state index in [4.69, 9.17) is 33.2 Å². The lowest BCUT2D eigenvalue weighted by Gasteiger charge is -2.13. The SMILES string of the molecule is N#CCOc1ccccc1CNc1c(Cl)cc(Br)cc1Cl. The van der Waals surface area contributed by atoms with Crippen molar-refractivity contribution in [3.05, 3.63) is 56.5 Å². The van der Waals surface area contributed by atoms with Crippen LogP contribution >= 0.6 is 39.1 Å². The quantitative estimate of drug-likeness (QED) is 0.762. The van der Waals surface area contributed by atoms with Crippen LogP contribution in [-0.4, -0.2) is 6.61 Å². The van der Waals surface area contributed by atoms with Crippen molar-refractivity contribution in [3.63, 3.8) is 0 Å². The molecule has 0 atom stereocenters. The molecule has 0 aliphatic carbocycles. The summed E-state index contributed by atoms with van der Waals surface area (Å²) in [7, 11) is 0. The Labute approximate surface area is 141 Å². The molecule has 21 heavy (non-hydrogen) atoms. The summed E-state index contributed by atoms with van der Waals surface area (Å²) in [4.78, 5) is 0. The molecule has 0 heterocycles. The first-order valence-electron chi connectivity index (χ1n) is 6.08. The van der Waals surface area contributed by atoms with Gasteiger partial charge in [-0.2, -0.15) is 5.26 Å². The van der Waals surface area contributed by atoms with E-state index in [0.717, 1.165) is 10.0 Å². The monoisotopic (exact) mass is 384 g/mol. The maximum Gasteiger partial charge on any atom is 0.174 e. The second-order valence-electron chi connectivity index (χ2n) is 4.15. The van der Waals surface area contributed by atoms with Gasteiger partial charge >= 0.3 is 0 Å². The number of hydrogen-bond donors (Lipinski definition) is 1. The number of nitrogens with zero attached hydrogens (tertiary/aromatic N) is 1. The van der Waals surface area contributed by atoms with Gasteiger partial charge in [-0.15, -0.1) is 0 Å². The number of benzene rings is 2. The Morgan fingerprint density at radius 3 is 2.52 bits per heavy atom. The molecule has 2 aromatic rings. The van der Waals surface area contributed by atoms with Gasteiger partial charge in [0.15, 0.2) is 6.61 Å². The fourth-order valence-electron chi connectivity index (χ4n) is 1.80. The molecule has 3 nitrogen and oxygen atoms in total. The van der Waals surface area contributed by atoms with Crippen LogP contribution in [0.5, 0.6) is 5.75 Å². The molecule has 0 radical (unpaired) electrons. The molecule has 0 aromatic heterocycles. The van der Waals surface area contributed by atoms with E-state index in [-0.39, 0.29) is 6.61 Å². The number of anilines is 1. The first kappa shape index (κ1) is 16.0. The highest BCUT2D eigenvalue weighted by atomic mass is 79.9. The predicted molar refractivity (Wildman–Crippen MR) is 89.0 cm³/mol. The molecule has 1 N–H and O–H groups in total. The third kappa shape index (κ3) is 4.28. The van der Waals surface area contributed by atoms with Crippen molar-refractivity contribution >= 4 is 44.8 Å². The molecule has 0 aliphatic heterocycles. The number of rotatable bonds is 5. The number of para-hydroxylation sites is 1. The predicted octanol–water partition coefficient (Wildman–Crippen LogP) is 5.27. The van der Waals surface area contributed by atoms with E-state index in [1.807, 2.05) is 30.3 Å². The number of halogens is 3. The van der Waals surface area contributed by atoms with E-state index in [2.05, 4.69) is 21.2 Å². The van der Waals surface area contributed by atoms with Gasteiger partial charge in [-0.05, 0) is 18.2 Å². The van der Waals surface area contributed by atoms with Gasteiger partial charge in [0.05, 0.1) is 15.7 Å². The molecule has 2 rings (SSSR count). The highest BCUT2D eigenvalue weighted by Gasteiger charge is 2.09. The summed E-state index contributed by atoms with van der Waals surface area (Å²) in [6.07, 6.45) is 0. The van der Waals surface area contributed by atoms with Crippen LogP contribution in [0.25, 0.3) is 0 Å². The Hall–Kier alpha value is -1.41. The van der Waals surface area contributed by atoms with Crippen LogP contribution in [0.2, 0.25) is 10.0 Å². The third-order valence-corrected chi connectivity index (χ3v) is 3.78. The Bertz CT molecular complexity index is 663. The van der Waals surface area contributed by atoms with Gasteiger partial charge in [-0.1, -0.05) is 57.3 Å². The van der Waals surface area contributed by atoms with Gasteiger partial charge in [0, 0.05) is 16.6 Å². The fraction of sp³-hybridized carbons (Fsp3) is 0.133. The highest BCUT2D eigenvalue weighted by molar-refractivity contribution is 9.10. The largest absolute Gasteiger partial charge is 0.478 e. The minimum absolute atomic E-state index is 0.0107. The lowest BCUT2D eigenvalue weighted by Crippen LogP contribution is -2.04. The second-order valence-corrected chi connectivity index (χ2v) is 5.88. The van der Waals surface area contributed by atoms with Gasteiger partial charge in [0.1, 0.15) is 11.8 Å². The van der Waals surface area contributed by atoms with Crippen molar-refractivity contribution in [2.24, 2.45) is 0 Å². The van der Waals surface area contributed by atoms with Crippen LogP contribution in [-0.2, 0) is 6.54 Å². The lowest BCUT2D eigenvalue weighted by atomic mass is 10.2. The summed E-state index contributed by atoms with van der Waals surface area (Å²) in [6.45, 7) is 0.499. The normalized spacial score (nSPS) is 10.0. The molecule has 0 fully saturated rings. The maximum absolute atomic E-state index is 8.60. The topological polar surface area (TPSA) is 45.0 Å². The Kier molecular flexibility index (Phi) is 5.75. The van der Waals surface area contributed by atoms with E-state index < -0.39 is 0 Å². The number of ether oxygens (including phenoxy) is 1. The molecule has 0 amide bonds. The Balaban J connectivity index is 2.16. The average Bonchev–Trinajstić information content (AvgIpc) is 2.45. The summed E-state index contributed by atoms with van der Waals surface area (Å²) < 4.78 is 6.20. The zero-order chi connectivity index (χ0) is 15.2. The van der Waals surface area contributed by atoms with Crippen molar-refractivity contribution in [2.45, 2.75) is 6.54 Å². The number of nitriles is 1. The molecule has 0 aliphatic rings. The number of hydrogen-bond acceptors (Lipinski definition) is 3. The van der Waals surface area contributed by atoms with E-state index in [9.17, 15) is 0 Å². The van der Waals surface area contributed by atoms with Gasteiger partial charge in [0.25, 0.3) is 0 Å². The van der Waals surface area contributed by atoms with E-state index in [0.29, 0.717) is 28.0 Å². The van der Waals surface area contributed by atoms with Gasteiger partial charge < -0.3 is 10.1 Å². The standard InChI is InChI=1S/C15H11BrCl2N2O/c16-11-7-12(17)15(13(18)8-11)20-9-10-3-1-2-4-14(10)21-6-5-19/h1-4,7-8,20H,6,9H2. The van der Waals surface area contributed by atoms with Crippen LogP contribution in [0.4, 0.5) is 5.69 Å². The summed E-state index contributed by atoms with van der Waals surface area (Å²) in [5, 5.41) is 12.9. The van der Waals surface area contributed by atoms with Crippen molar-refractivity contribution in [1.82, 2.24) is 0 Å². The van der Waals surface area contributed by atoms with Crippen LogP contribution in [0.1, 0.15) is 5.56 Å². The molecule has 0 spiro atoms. The number of nitrogens with one attached hydrogen (secondary N) is 1. The van der Waals surface area contributed by atoms with E-state index in [1.54, 1.807) is 12.1 Å². The molecular weight excluding hydrogens is 375 g/mol. The van der Waals surface area contributed by atoms with Crippen LogP contribution in [0, 0.1) is 11.3 Å². The molecule has 0 bridgehead atoms. The smallest absolute Gasteiger partial charge is 0.174 e. The van der Waals surface area contributed by atoms with Crippen molar-refractivity contribution < 1.29 is 4.74 Å². The third-order valence-electron chi connectivity index (χ3n) is 2.73. The first-order valence-corrected chi connectivity index (χ1v) is 7.62. The fourth-order valence-corrected chi connectivity index (χ4v) is 3.14. The zero-order valence-corrected chi connectivity index (χ0v) is 14.0. The van der Waals surface area contributed by atoms with Crippen LogP contribution in [0.15, 0.2) is 40.9 Å². The molecule has 108 valence electrons. The Morgan fingerprint density at radius 2 is 1.86 bits per heavy atom. The summed E-state index contributed by atoms with van der Waals surface area (Å²) >= 11 is 15.7. The molecule has 0 saturated heterocycles. The first-order chi connectivity index (χ1) is 10.1. The lowest BCUT2D eigenvalue weighted by molar-refractivity contribution is 0.364. The molecule has 0 unspecified atom stereocenters. The Morgan fingerprint density at radius 1 is 1.19 bits per heavy atom. The van der Waals surface area contributed by atoms with Gasteiger partial charge in [0.2, 0.25) is 0 Å². The van der Waals surface area contributed by atoms with Crippen LogP contribution in [0.3, 0.4) is 0 Å². The minimum atomic E-state index is 0.0107.